The molecule has 0 radical (unpaired) electrons. The van der Waals surface area contributed by atoms with Gasteiger partial charge >= 0.3 is 0 Å². The molecule has 24 heavy (non-hydrogen) atoms. The monoisotopic (exact) mass is 326 g/mol. The zero-order valence-electron chi connectivity index (χ0n) is 13.8. The Morgan fingerprint density at radius 2 is 1.96 bits per heavy atom. The molecule has 1 fully saturated rings. The Labute approximate surface area is 139 Å². The van der Waals surface area contributed by atoms with Gasteiger partial charge in [-0.1, -0.05) is 0 Å². The van der Waals surface area contributed by atoms with E-state index in [1.807, 2.05) is 7.05 Å². The van der Waals surface area contributed by atoms with Gasteiger partial charge in [0.2, 0.25) is 5.95 Å². The number of aryl methyl sites for hydroxylation is 2. The summed E-state index contributed by atoms with van der Waals surface area (Å²) < 4.78 is 15.2. The molecule has 6 nitrogen and oxygen atoms in total. The highest BCUT2D eigenvalue weighted by atomic mass is 19.1. The zero-order chi connectivity index (χ0) is 16.7. The molecule has 1 N–H and O–H groups in total. The van der Waals surface area contributed by atoms with Gasteiger partial charge in [-0.3, -0.25) is 4.68 Å². The van der Waals surface area contributed by atoms with Crippen LogP contribution in [0.2, 0.25) is 0 Å². The van der Waals surface area contributed by atoms with Crippen molar-refractivity contribution in [1.29, 1.82) is 0 Å². The normalized spacial score (nSPS) is 14.5. The molecule has 4 rings (SSSR count). The first kappa shape index (κ1) is 14.9. The van der Waals surface area contributed by atoms with Gasteiger partial charge < -0.3 is 10.2 Å². The number of anilines is 3. The molecule has 0 bridgehead atoms. The predicted molar refractivity (Wildman–Crippen MR) is 92.2 cm³/mol. The van der Waals surface area contributed by atoms with Gasteiger partial charge in [0.15, 0.2) is 5.65 Å². The molecule has 3 aromatic rings. The van der Waals surface area contributed by atoms with Gasteiger partial charge in [0.05, 0.1) is 11.6 Å². The highest BCUT2D eigenvalue weighted by Gasteiger charge is 2.19. The standard InChI is InChI=1S/C17H19FN6/c1-11-9-12(5-6-14(11)18)20-15-13-10-19-23(2)16(13)22-17(21-15)24-7-3-4-8-24/h5-6,9-10H,3-4,7-8H2,1-2H3,(H,20,21,22). The fraction of sp³-hybridized carbons (Fsp3) is 0.353. The van der Waals surface area contributed by atoms with Crippen molar-refractivity contribution in [2.75, 3.05) is 23.3 Å². The smallest absolute Gasteiger partial charge is 0.229 e. The summed E-state index contributed by atoms with van der Waals surface area (Å²) in [7, 11) is 1.87. The summed E-state index contributed by atoms with van der Waals surface area (Å²) in [5, 5.41) is 8.44. The van der Waals surface area contributed by atoms with Crippen LogP contribution in [0.3, 0.4) is 0 Å². The van der Waals surface area contributed by atoms with E-state index in [4.69, 9.17) is 4.98 Å². The lowest BCUT2D eigenvalue weighted by molar-refractivity contribution is 0.619. The van der Waals surface area contributed by atoms with Crippen LogP contribution in [0, 0.1) is 12.7 Å². The lowest BCUT2D eigenvalue weighted by atomic mass is 10.2. The summed E-state index contributed by atoms with van der Waals surface area (Å²) in [6.07, 6.45) is 4.07. The molecule has 1 aromatic carbocycles. The fourth-order valence-electron chi connectivity index (χ4n) is 3.02. The van der Waals surface area contributed by atoms with E-state index in [2.05, 4.69) is 20.3 Å². The van der Waals surface area contributed by atoms with Gasteiger partial charge in [0, 0.05) is 25.8 Å². The lowest BCUT2D eigenvalue weighted by Gasteiger charge is -2.17. The molecule has 1 aliphatic heterocycles. The van der Waals surface area contributed by atoms with E-state index in [1.165, 1.54) is 6.07 Å². The molecule has 124 valence electrons. The van der Waals surface area contributed by atoms with Crippen molar-refractivity contribution in [1.82, 2.24) is 19.7 Å². The maximum atomic E-state index is 13.5. The lowest BCUT2D eigenvalue weighted by Crippen LogP contribution is -2.21. The average molecular weight is 326 g/mol. The van der Waals surface area contributed by atoms with Crippen LogP contribution in [0.15, 0.2) is 24.4 Å². The first-order chi connectivity index (χ1) is 11.6. The van der Waals surface area contributed by atoms with Crippen molar-refractivity contribution in [3.63, 3.8) is 0 Å². The summed E-state index contributed by atoms with van der Waals surface area (Å²) in [5.41, 5.74) is 2.18. The second-order valence-electron chi connectivity index (χ2n) is 6.16. The molecule has 1 aliphatic rings. The summed E-state index contributed by atoms with van der Waals surface area (Å²) in [6, 6.07) is 4.94. The SMILES string of the molecule is Cc1cc(Nc2nc(N3CCCC3)nc3c2cnn3C)ccc1F. The first-order valence-electron chi connectivity index (χ1n) is 8.10. The molecule has 0 spiro atoms. The topological polar surface area (TPSA) is 58.9 Å². The van der Waals surface area contributed by atoms with Crippen molar-refractivity contribution in [2.45, 2.75) is 19.8 Å². The van der Waals surface area contributed by atoms with Gasteiger partial charge in [-0.2, -0.15) is 15.1 Å². The molecular formula is C17H19FN6. The van der Waals surface area contributed by atoms with Crippen LogP contribution in [0.4, 0.5) is 21.8 Å². The molecule has 2 aromatic heterocycles. The van der Waals surface area contributed by atoms with Crippen molar-refractivity contribution < 1.29 is 4.39 Å². The third-order valence-corrected chi connectivity index (χ3v) is 4.39. The van der Waals surface area contributed by atoms with E-state index < -0.39 is 0 Å². The van der Waals surface area contributed by atoms with Crippen LogP contribution >= 0.6 is 0 Å². The molecular weight excluding hydrogens is 307 g/mol. The number of rotatable bonds is 3. The minimum Gasteiger partial charge on any atom is -0.341 e. The summed E-state index contributed by atoms with van der Waals surface area (Å²) in [5.74, 6) is 1.19. The van der Waals surface area contributed by atoms with Crippen LogP contribution in [0.25, 0.3) is 11.0 Å². The summed E-state index contributed by atoms with van der Waals surface area (Å²) in [4.78, 5) is 11.6. The Balaban J connectivity index is 1.78. The molecule has 0 aliphatic carbocycles. The predicted octanol–water partition coefficient (Wildman–Crippen LogP) is 3.15. The summed E-state index contributed by atoms with van der Waals surface area (Å²) >= 11 is 0. The van der Waals surface area contributed by atoms with Crippen molar-refractivity contribution in [3.05, 3.63) is 35.8 Å². The Hall–Kier alpha value is -2.70. The third-order valence-electron chi connectivity index (χ3n) is 4.39. The molecule has 0 atom stereocenters. The van der Waals surface area contributed by atoms with Crippen LogP contribution in [-0.2, 0) is 7.05 Å². The second kappa shape index (κ2) is 5.74. The average Bonchev–Trinajstić information content (AvgIpc) is 3.22. The summed E-state index contributed by atoms with van der Waals surface area (Å²) in [6.45, 7) is 3.69. The molecule has 1 saturated heterocycles. The highest BCUT2D eigenvalue weighted by Crippen LogP contribution is 2.28. The second-order valence-corrected chi connectivity index (χ2v) is 6.16. The van der Waals surface area contributed by atoms with Crippen LogP contribution in [0.1, 0.15) is 18.4 Å². The van der Waals surface area contributed by atoms with Crippen molar-refractivity contribution in [2.24, 2.45) is 7.05 Å². The van der Waals surface area contributed by atoms with Crippen LogP contribution < -0.4 is 10.2 Å². The fourth-order valence-corrected chi connectivity index (χ4v) is 3.02. The van der Waals surface area contributed by atoms with Crippen molar-refractivity contribution in [3.8, 4) is 0 Å². The number of hydrogen-bond donors (Lipinski definition) is 1. The number of halogens is 1. The quantitative estimate of drug-likeness (QED) is 0.801. The van der Waals surface area contributed by atoms with E-state index in [-0.39, 0.29) is 5.82 Å². The van der Waals surface area contributed by atoms with E-state index >= 15 is 0 Å². The Morgan fingerprint density at radius 3 is 2.71 bits per heavy atom. The number of fused-ring (bicyclic) bond motifs is 1. The van der Waals surface area contributed by atoms with Gasteiger partial charge in [0.25, 0.3) is 0 Å². The van der Waals surface area contributed by atoms with E-state index in [1.54, 1.807) is 29.9 Å². The first-order valence-corrected chi connectivity index (χ1v) is 8.10. The van der Waals surface area contributed by atoms with Gasteiger partial charge in [0.1, 0.15) is 11.6 Å². The number of nitrogens with zero attached hydrogens (tertiary/aromatic N) is 5. The van der Waals surface area contributed by atoms with E-state index in [0.717, 1.165) is 42.7 Å². The Kier molecular flexibility index (Phi) is 3.55. The minimum absolute atomic E-state index is 0.215. The number of benzene rings is 1. The van der Waals surface area contributed by atoms with Crippen LogP contribution in [0.5, 0.6) is 0 Å². The van der Waals surface area contributed by atoms with Gasteiger partial charge in [-0.25, -0.2) is 4.39 Å². The largest absolute Gasteiger partial charge is 0.341 e. The number of aromatic nitrogens is 4. The molecule has 3 heterocycles. The minimum atomic E-state index is -0.215. The zero-order valence-corrected chi connectivity index (χ0v) is 13.8. The third kappa shape index (κ3) is 2.55. The van der Waals surface area contributed by atoms with E-state index in [9.17, 15) is 4.39 Å². The van der Waals surface area contributed by atoms with Gasteiger partial charge in [-0.05, 0) is 43.5 Å². The van der Waals surface area contributed by atoms with Gasteiger partial charge in [-0.15, -0.1) is 0 Å². The Morgan fingerprint density at radius 1 is 1.17 bits per heavy atom. The van der Waals surface area contributed by atoms with Crippen molar-refractivity contribution >= 4 is 28.5 Å². The number of nitrogens with one attached hydrogen (secondary N) is 1. The molecule has 0 amide bonds. The molecule has 0 saturated carbocycles. The molecule has 7 heteroatoms. The molecule has 0 unspecified atom stereocenters. The Bertz CT molecular complexity index is 897. The maximum absolute atomic E-state index is 13.5. The number of hydrogen-bond acceptors (Lipinski definition) is 5. The van der Waals surface area contributed by atoms with Crippen LogP contribution in [-0.4, -0.2) is 32.8 Å². The van der Waals surface area contributed by atoms with E-state index in [0.29, 0.717) is 17.3 Å². The highest BCUT2D eigenvalue weighted by molar-refractivity contribution is 5.89. The maximum Gasteiger partial charge on any atom is 0.229 e.